The van der Waals surface area contributed by atoms with Crippen LogP contribution in [-0.2, 0) is 11.2 Å². The van der Waals surface area contributed by atoms with E-state index in [1.807, 2.05) is 6.92 Å². The van der Waals surface area contributed by atoms with E-state index in [4.69, 9.17) is 16.3 Å². The third-order valence-electron chi connectivity index (χ3n) is 2.96. The second kappa shape index (κ2) is 7.42. The maximum absolute atomic E-state index is 12.3. The number of esters is 1. The third kappa shape index (κ3) is 3.87. The normalized spacial score (nSPS) is 10.3. The number of rotatable bonds is 5. The van der Waals surface area contributed by atoms with Gasteiger partial charge in [0.1, 0.15) is 5.00 Å². The lowest BCUT2D eigenvalue weighted by Gasteiger charge is -2.06. The van der Waals surface area contributed by atoms with Crippen LogP contribution in [0.4, 0.5) is 5.00 Å². The summed E-state index contributed by atoms with van der Waals surface area (Å²) in [5.74, 6) is -0.712. The molecule has 0 aliphatic rings. The summed E-state index contributed by atoms with van der Waals surface area (Å²) in [6.45, 7) is 4.03. The average molecular weight is 338 g/mol. The summed E-state index contributed by atoms with van der Waals surface area (Å²) in [5, 5.41) is 3.85. The molecule has 0 fully saturated rings. The Morgan fingerprint density at radius 1 is 1.23 bits per heavy atom. The molecule has 2 rings (SSSR count). The Labute approximate surface area is 138 Å². The second-order valence-electron chi connectivity index (χ2n) is 4.49. The number of amides is 1. The number of nitrogens with one attached hydrogen (secondary N) is 1. The number of hydrogen-bond donors (Lipinski definition) is 1. The van der Waals surface area contributed by atoms with E-state index in [0.717, 1.165) is 11.3 Å². The number of ether oxygens (including phenoxy) is 1. The first-order valence-corrected chi connectivity index (χ1v) is 8.11. The number of benzene rings is 1. The van der Waals surface area contributed by atoms with Crippen molar-refractivity contribution in [3.63, 3.8) is 0 Å². The van der Waals surface area contributed by atoms with Gasteiger partial charge in [-0.15, -0.1) is 11.3 Å². The Bertz CT molecular complexity index is 679. The van der Waals surface area contributed by atoms with Crippen molar-refractivity contribution in [2.24, 2.45) is 0 Å². The van der Waals surface area contributed by atoms with Crippen LogP contribution in [0, 0.1) is 0 Å². The van der Waals surface area contributed by atoms with Gasteiger partial charge in [0.05, 0.1) is 12.2 Å². The SMILES string of the molecule is CCOC(=O)c1cc(CC)sc1NC(=O)c1ccc(Cl)cc1. The molecule has 0 atom stereocenters. The van der Waals surface area contributed by atoms with E-state index in [2.05, 4.69) is 5.32 Å². The van der Waals surface area contributed by atoms with E-state index < -0.39 is 5.97 Å². The molecule has 0 aliphatic heterocycles. The van der Waals surface area contributed by atoms with Crippen molar-refractivity contribution in [2.45, 2.75) is 20.3 Å². The summed E-state index contributed by atoms with van der Waals surface area (Å²) in [5.41, 5.74) is 0.872. The summed E-state index contributed by atoms with van der Waals surface area (Å²) in [7, 11) is 0. The van der Waals surface area contributed by atoms with Crippen LogP contribution in [-0.4, -0.2) is 18.5 Å². The van der Waals surface area contributed by atoms with Gasteiger partial charge in [-0.25, -0.2) is 4.79 Å². The maximum Gasteiger partial charge on any atom is 0.341 e. The van der Waals surface area contributed by atoms with E-state index in [1.54, 1.807) is 37.3 Å². The molecule has 0 radical (unpaired) electrons. The molecule has 0 spiro atoms. The molecule has 1 heterocycles. The Morgan fingerprint density at radius 2 is 1.91 bits per heavy atom. The van der Waals surface area contributed by atoms with Gasteiger partial charge in [-0.1, -0.05) is 18.5 Å². The lowest BCUT2D eigenvalue weighted by Crippen LogP contribution is -2.14. The first-order valence-electron chi connectivity index (χ1n) is 6.91. The first-order chi connectivity index (χ1) is 10.5. The summed E-state index contributed by atoms with van der Waals surface area (Å²) in [6, 6.07) is 8.33. The molecule has 22 heavy (non-hydrogen) atoms. The van der Waals surface area contributed by atoms with Crippen molar-refractivity contribution in [3.05, 3.63) is 51.4 Å². The van der Waals surface area contributed by atoms with Crippen molar-refractivity contribution in [2.75, 3.05) is 11.9 Å². The molecule has 116 valence electrons. The van der Waals surface area contributed by atoms with Crippen molar-refractivity contribution in [1.29, 1.82) is 0 Å². The number of hydrogen-bond acceptors (Lipinski definition) is 4. The van der Waals surface area contributed by atoms with Gasteiger partial charge >= 0.3 is 5.97 Å². The minimum atomic E-state index is -0.426. The van der Waals surface area contributed by atoms with Crippen molar-refractivity contribution < 1.29 is 14.3 Å². The Balaban J connectivity index is 2.24. The fourth-order valence-electron chi connectivity index (χ4n) is 1.85. The quantitative estimate of drug-likeness (QED) is 0.823. The molecule has 2 aromatic rings. The summed E-state index contributed by atoms with van der Waals surface area (Å²) in [6.07, 6.45) is 0.786. The molecule has 4 nitrogen and oxygen atoms in total. The molecule has 1 N–H and O–H groups in total. The van der Waals surface area contributed by atoms with E-state index in [0.29, 0.717) is 27.8 Å². The second-order valence-corrected chi connectivity index (χ2v) is 6.06. The van der Waals surface area contributed by atoms with Gasteiger partial charge in [0.15, 0.2) is 0 Å². The van der Waals surface area contributed by atoms with Crippen LogP contribution in [0.3, 0.4) is 0 Å². The van der Waals surface area contributed by atoms with Gasteiger partial charge in [-0.2, -0.15) is 0 Å². The largest absolute Gasteiger partial charge is 0.462 e. The van der Waals surface area contributed by atoms with Crippen LogP contribution in [0.2, 0.25) is 5.02 Å². The number of carbonyl (C=O) groups is 2. The predicted molar refractivity (Wildman–Crippen MR) is 89.1 cm³/mol. The van der Waals surface area contributed by atoms with Gasteiger partial charge < -0.3 is 10.1 Å². The molecule has 1 aromatic heterocycles. The highest BCUT2D eigenvalue weighted by Crippen LogP contribution is 2.29. The first kappa shape index (κ1) is 16.5. The standard InChI is InChI=1S/C16H16ClNO3S/c1-3-12-9-13(16(20)21-4-2)15(22-12)18-14(19)10-5-7-11(17)8-6-10/h5-9H,3-4H2,1-2H3,(H,18,19). The van der Waals surface area contributed by atoms with Gasteiger partial charge in [0.25, 0.3) is 5.91 Å². The maximum atomic E-state index is 12.3. The van der Waals surface area contributed by atoms with E-state index >= 15 is 0 Å². The molecular weight excluding hydrogens is 322 g/mol. The minimum absolute atomic E-state index is 0.285. The van der Waals surface area contributed by atoms with E-state index in [-0.39, 0.29) is 5.91 Å². The van der Waals surface area contributed by atoms with Gasteiger partial charge in [0, 0.05) is 15.5 Å². The molecule has 1 aromatic carbocycles. The highest BCUT2D eigenvalue weighted by molar-refractivity contribution is 7.16. The molecule has 0 saturated heterocycles. The van der Waals surface area contributed by atoms with Crippen LogP contribution in [0.1, 0.15) is 39.4 Å². The lowest BCUT2D eigenvalue weighted by molar-refractivity contribution is 0.0528. The van der Waals surface area contributed by atoms with Crippen LogP contribution in [0.15, 0.2) is 30.3 Å². The summed E-state index contributed by atoms with van der Waals surface area (Å²) in [4.78, 5) is 25.2. The zero-order valence-corrected chi connectivity index (χ0v) is 13.9. The fraction of sp³-hybridized carbons (Fsp3) is 0.250. The summed E-state index contributed by atoms with van der Waals surface area (Å²) < 4.78 is 5.03. The number of carbonyl (C=O) groups excluding carboxylic acids is 2. The highest BCUT2D eigenvalue weighted by Gasteiger charge is 2.19. The van der Waals surface area contributed by atoms with Gasteiger partial charge in [0.2, 0.25) is 0 Å². The van der Waals surface area contributed by atoms with Crippen molar-refractivity contribution in [1.82, 2.24) is 0 Å². The number of aryl methyl sites for hydroxylation is 1. The van der Waals surface area contributed by atoms with Crippen LogP contribution < -0.4 is 5.32 Å². The molecule has 0 saturated carbocycles. The predicted octanol–water partition coefficient (Wildman–Crippen LogP) is 4.39. The van der Waals surface area contributed by atoms with Crippen molar-refractivity contribution in [3.8, 4) is 0 Å². The van der Waals surface area contributed by atoms with E-state index in [9.17, 15) is 9.59 Å². The van der Waals surface area contributed by atoms with Gasteiger partial charge in [-0.05, 0) is 43.7 Å². The Kier molecular flexibility index (Phi) is 5.57. The molecule has 1 amide bonds. The molecular formula is C16H16ClNO3S. The zero-order valence-electron chi connectivity index (χ0n) is 12.3. The zero-order chi connectivity index (χ0) is 16.1. The highest BCUT2D eigenvalue weighted by atomic mass is 35.5. The number of thiophene rings is 1. The third-order valence-corrected chi connectivity index (χ3v) is 4.41. The molecule has 0 aliphatic carbocycles. The topological polar surface area (TPSA) is 55.4 Å². The van der Waals surface area contributed by atoms with Crippen LogP contribution in [0.25, 0.3) is 0 Å². The van der Waals surface area contributed by atoms with E-state index in [1.165, 1.54) is 11.3 Å². The summed E-state index contributed by atoms with van der Waals surface area (Å²) >= 11 is 7.19. The molecule has 6 heteroatoms. The number of anilines is 1. The number of halogens is 1. The van der Waals surface area contributed by atoms with Crippen LogP contribution >= 0.6 is 22.9 Å². The Hall–Kier alpha value is -1.85. The van der Waals surface area contributed by atoms with Crippen LogP contribution in [0.5, 0.6) is 0 Å². The monoisotopic (exact) mass is 337 g/mol. The minimum Gasteiger partial charge on any atom is -0.462 e. The molecule has 0 unspecified atom stereocenters. The smallest absolute Gasteiger partial charge is 0.341 e. The lowest BCUT2D eigenvalue weighted by atomic mass is 10.2. The molecule has 0 bridgehead atoms. The van der Waals surface area contributed by atoms with Crippen molar-refractivity contribution >= 4 is 39.8 Å². The fourth-order valence-corrected chi connectivity index (χ4v) is 2.95. The Morgan fingerprint density at radius 3 is 2.50 bits per heavy atom. The average Bonchev–Trinajstić information content (AvgIpc) is 2.91. The van der Waals surface area contributed by atoms with Gasteiger partial charge in [-0.3, -0.25) is 4.79 Å².